The number of hydrogen-bond acceptors (Lipinski definition) is 5. The van der Waals surface area contributed by atoms with Crippen molar-refractivity contribution in [3.05, 3.63) is 87.2 Å². The van der Waals surface area contributed by atoms with Crippen LogP contribution >= 0.6 is 0 Å². The lowest BCUT2D eigenvalue weighted by Gasteiger charge is -2.02. The Labute approximate surface area is 155 Å². The third-order valence-electron chi connectivity index (χ3n) is 3.98. The predicted molar refractivity (Wildman–Crippen MR) is 102 cm³/mol. The maximum atomic E-state index is 12.0. The van der Waals surface area contributed by atoms with Gasteiger partial charge in [-0.05, 0) is 49.7 Å². The zero-order valence-corrected chi connectivity index (χ0v) is 14.8. The first kappa shape index (κ1) is 18.1. The average Bonchev–Trinajstić information content (AvgIpc) is 3.10. The third kappa shape index (κ3) is 4.27. The van der Waals surface area contributed by atoms with Crippen molar-refractivity contribution in [2.75, 3.05) is 0 Å². The van der Waals surface area contributed by atoms with Crippen LogP contribution in [0.15, 0.2) is 64.1 Å². The zero-order chi connectivity index (χ0) is 19.4. The van der Waals surface area contributed by atoms with Crippen LogP contribution in [0.5, 0.6) is 0 Å². The van der Waals surface area contributed by atoms with Gasteiger partial charge in [0.15, 0.2) is 0 Å². The van der Waals surface area contributed by atoms with E-state index in [4.69, 9.17) is 4.42 Å². The van der Waals surface area contributed by atoms with Crippen LogP contribution in [-0.4, -0.2) is 17.0 Å². The Kier molecular flexibility index (Phi) is 5.12. The van der Waals surface area contributed by atoms with Crippen molar-refractivity contribution in [2.45, 2.75) is 13.8 Å². The van der Waals surface area contributed by atoms with Crippen LogP contribution in [0.2, 0.25) is 0 Å². The van der Waals surface area contributed by atoms with Crippen molar-refractivity contribution >= 4 is 17.8 Å². The van der Waals surface area contributed by atoms with Crippen LogP contribution in [0.25, 0.3) is 11.3 Å². The number of nitro benzene ring substituents is 1. The number of nitro groups is 1. The fraction of sp³-hybridized carbons (Fsp3) is 0.100. The minimum Gasteiger partial charge on any atom is -0.455 e. The Balaban J connectivity index is 1.69. The summed E-state index contributed by atoms with van der Waals surface area (Å²) in [6, 6.07) is 15.2. The second-order valence-electron chi connectivity index (χ2n) is 6.02. The molecule has 0 saturated carbocycles. The van der Waals surface area contributed by atoms with Crippen LogP contribution < -0.4 is 5.43 Å². The third-order valence-corrected chi connectivity index (χ3v) is 3.98. The molecule has 2 aromatic carbocycles. The molecule has 1 aromatic heterocycles. The van der Waals surface area contributed by atoms with E-state index < -0.39 is 4.92 Å². The summed E-state index contributed by atoms with van der Waals surface area (Å²) in [5.41, 5.74) is 5.54. The van der Waals surface area contributed by atoms with Gasteiger partial charge in [0, 0.05) is 23.3 Å². The van der Waals surface area contributed by atoms with E-state index in [0.717, 1.165) is 16.7 Å². The van der Waals surface area contributed by atoms with Gasteiger partial charge in [-0.15, -0.1) is 0 Å². The lowest BCUT2D eigenvalue weighted by atomic mass is 10.1. The predicted octanol–water partition coefficient (Wildman–Crippen LogP) is 4.24. The molecule has 0 aliphatic carbocycles. The highest BCUT2D eigenvalue weighted by Crippen LogP contribution is 2.28. The SMILES string of the molecule is Cc1ccc(C(=O)N/N=C\c2ccc(-c3ccc([N+](=O)[O-])cc3C)o2)cc1. The fourth-order valence-electron chi connectivity index (χ4n) is 2.53. The van der Waals surface area contributed by atoms with Crippen molar-refractivity contribution in [2.24, 2.45) is 5.10 Å². The molecule has 7 nitrogen and oxygen atoms in total. The normalized spacial score (nSPS) is 10.9. The standard InChI is InChI=1S/C20H17N3O4/c1-13-3-5-15(6-4-13)20(24)22-21-12-17-8-10-19(27-17)18-9-7-16(23(25)26)11-14(18)2/h3-12H,1-2H3,(H,22,24)/b21-12-. The summed E-state index contributed by atoms with van der Waals surface area (Å²) in [7, 11) is 0. The molecule has 0 atom stereocenters. The number of non-ortho nitro benzene ring substituents is 1. The van der Waals surface area contributed by atoms with Gasteiger partial charge in [0.25, 0.3) is 11.6 Å². The van der Waals surface area contributed by atoms with Crippen molar-refractivity contribution in [3.8, 4) is 11.3 Å². The highest BCUT2D eigenvalue weighted by molar-refractivity contribution is 5.94. The minimum absolute atomic E-state index is 0.0309. The van der Waals surface area contributed by atoms with E-state index in [9.17, 15) is 14.9 Å². The van der Waals surface area contributed by atoms with Crippen LogP contribution in [0.4, 0.5) is 5.69 Å². The van der Waals surface area contributed by atoms with Gasteiger partial charge in [-0.2, -0.15) is 5.10 Å². The Bertz CT molecular complexity index is 1020. The number of aryl methyl sites for hydroxylation is 2. The molecule has 0 fully saturated rings. The van der Waals surface area contributed by atoms with E-state index in [-0.39, 0.29) is 11.6 Å². The molecule has 3 rings (SSSR count). The molecule has 27 heavy (non-hydrogen) atoms. The summed E-state index contributed by atoms with van der Waals surface area (Å²) in [4.78, 5) is 22.4. The molecule has 0 radical (unpaired) electrons. The molecule has 0 saturated heterocycles. The molecule has 1 amide bonds. The van der Waals surface area contributed by atoms with Gasteiger partial charge in [0.1, 0.15) is 11.5 Å². The molecule has 0 spiro atoms. The second kappa shape index (κ2) is 7.65. The first-order chi connectivity index (χ1) is 12.9. The van der Waals surface area contributed by atoms with Crippen molar-refractivity contribution in [3.63, 3.8) is 0 Å². The number of amides is 1. The lowest BCUT2D eigenvalue weighted by Crippen LogP contribution is -2.17. The topological polar surface area (TPSA) is 97.7 Å². The van der Waals surface area contributed by atoms with E-state index in [1.165, 1.54) is 18.3 Å². The number of hydrogen-bond donors (Lipinski definition) is 1. The van der Waals surface area contributed by atoms with Gasteiger partial charge in [-0.1, -0.05) is 17.7 Å². The van der Waals surface area contributed by atoms with Gasteiger partial charge < -0.3 is 4.42 Å². The number of carbonyl (C=O) groups is 1. The summed E-state index contributed by atoms with van der Waals surface area (Å²) >= 11 is 0. The van der Waals surface area contributed by atoms with Gasteiger partial charge in [-0.25, -0.2) is 5.43 Å². The maximum Gasteiger partial charge on any atom is 0.271 e. The summed E-state index contributed by atoms with van der Waals surface area (Å²) in [5.74, 6) is 0.699. The van der Waals surface area contributed by atoms with Crippen LogP contribution in [0, 0.1) is 24.0 Å². The number of carbonyl (C=O) groups excluding carboxylic acids is 1. The van der Waals surface area contributed by atoms with Crippen LogP contribution in [0.1, 0.15) is 27.2 Å². The highest BCUT2D eigenvalue weighted by atomic mass is 16.6. The van der Waals surface area contributed by atoms with Crippen molar-refractivity contribution in [1.82, 2.24) is 5.43 Å². The summed E-state index contributed by atoms with van der Waals surface area (Å²) in [6.07, 6.45) is 1.40. The Morgan fingerprint density at radius 3 is 2.52 bits per heavy atom. The van der Waals surface area contributed by atoms with Crippen LogP contribution in [-0.2, 0) is 0 Å². The summed E-state index contributed by atoms with van der Waals surface area (Å²) in [6.45, 7) is 3.72. The molecule has 1 heterocycles. The first-order valence-electron chi connectivity index (χ1n) is 8.19. The number of benzene rings is 2. The van der Waals surface area contributed by atoms with Gasteiger partial charge in [0.2, 0.25) is 0 Å². The quantitative estimate of drug-likeness (QED) is 0.416. The van der Waals surface area contributed by atoms with Gasteiger partial charge >= 0.3 is 0 Å². The zero-order valence-electron chi connectivity index (χ0n) is 14.8. The van der Waals surface area contributed by atoms with E-state index in [1.54, 1.807) is 37.3 Å². The molecule has 3 aromatic rings. The Morgan fingerprint density at radius 2 is 1.85 bits per heavy atom. The van der Waals surface area contributed by atoms with Gasteiger partial charge in [0.05, 0.1) is 11.1 Å². The van der Waals surface area contributed by atoms with E-state index in [0.29, 0.717) is 17.1 Å². The monoisotopic (exact) mass is 363 g/mol. The maximum absolute atomic E-state index is 12.0. The van der Waals surface area contributed by atoms with Crippen LogP contribution in [0.3, 0.4) is 0 Å². The number of furan rings is 1. The summed E-state index contributed by atoms with van der Waals surface area (Å²) in [5, 5.41) is 14.7. The molecule has 0 aliphatic heterocycles. The second-order valence-corrected chi connectivity index (χ2v) is 6.02. The molecule has 1 N–H and O–H groups in total. The fourth-order valence-corrected chi connectivity index (χ4v) is 2.53. The first-order valence-corrected chi connectivity index (χ1v) is 8.19. The van der Waals surface area contributed by atoms with Gasteiger partial charge in [-0.3, -0.25) is 14.9 Å². The molecule has 7 heteroatoms. The number of nitrogens with one attached hydrogen (secondary N) is 1. The van der Waals surface area contributed by atoms with E-state index in [1.807, 2.05) is 19.1 Å². The summed E-state index contributed by atoms with van der Waals surface area (Å²) < 4.78 is 5.68. The van der Waals surface area contributed by atoms with Crippen molar-refractivity contribution < 1.29 is 14.1 Å². The highest BCUT2D eigenvalue weighted by Gasteiger charge is 2.12. The molecule has 0 bridgehead atoms. The molecule has 136 valence electrons. The molecule has 0 unspecified atom stereocenters. The largest absolute Gasteiger partial charge is 0.455 e. The minimum atomic E-state index is -0.437. The number of rotatable bonds is 5. The van der Waals surface area contributed by atoms with E-state index in [2.05, 4.69) is 10.5 Å². The lowest BCUT2D eigenvalue weighted by molar-refractivity contribution is -0.384. The Morgan fingerprint density at radius 1 is 1.11 bits per heavy atom. The Hall–Kier alpha value is -3.74. The number of hydrazone groups is 1. The van der Waals surface area contributed by atoms with E-state index >= 15 is 0 Å². The molecular formula is C20H17N3O4. The molecular weight excluding hydrogens is 346 g/mol. The smallest absolute Gasteiger partial charge is 0.271 e. The molecule has 0 aliphatic rings. The number of nitrogens with zero attached hydrogens (tertiary/aromatic N) is 2. The van der Waals surface area contributed by atoms with Crippen molar-refractivity contribution in [1.29, 1.82) is 0 Å². The average molecular weight is 363 g/mol.